The van der Waals surface area contributed by atoms with Crippen molar-refractivity contribution in [1.82, 2.24) is 10.2 Å². The van der Waals surface area contributed by atoms with E-state index in [2.05, 4.69) is 10.2 Å². The molecule has 4 rings (SSSR count). The van der Waals surface area contributed by atoms with Gasteiger partial charge in [-0.1, -0.05) is 17.4 Å². The number of nitro groups is 1. The second-order valence-electron chi connectivity index (χ2n) is 5.45. The first kappa shape index (κ1) is 17.0. The van der Waals surface area contributed by atoms with E-state index in [9.17, 15) is 32.9 Å². The van der Waals surface area contributed by atoms with Gasteiger partial charge in [0, 0.05) is 22.6 Å². The van der Waals surface area contributed by atoms with Gasteiger partial charge >= 0.3 is 6.18 Å². The van der Waals surface area contributed by atoms with Crippen LogP contribution in [-0.2, 0) is 6.18 Å². The van der Waals surface area contributed by atoms with Gasteiger partial charge in [-0.05, 0) is 18.2 Å². The van der Waals surface area contributed by atoms with Crippen molar-refractivity contribution in [2.45, 2.75) is 6.18 Å². The lowest BCUT2D eigenvalue weighted by Gasteiger charge is -2.24. The van der Waals surface area contributed by atoms with Gasteiger partial charge in [0.15, 0.2) is 0 Å². The Bertz CT molecular complexity index is 1140. The van der Waals surface area contributed by atoms with Crippen LogP contribution in [0.2, 0.25) is 0 Å². The summed E-state index contributed by atoms with van der Waals surface area (Å²) in [5, 5.41) is 15.8. The molecule has 0 spiro atoms. The number of benzene rings is 2. The van der Waals surface area contributed by atoms with Crippen molar-refractivity contribution in [3.63, 3.8) is 0 Å². The lowest BCUT2D eigenvalue weighted by atomic mass is 9.93. The number of carbonyl (C=O) groups is 2. The highest BCUT2D eigenvalue weighted by Gasteiger charge is 2.41. The van der Waals surface area contributed by atoms with Gasteiger partial charge in [0.1, 0.15) is 0 Å². The molecule has 2 amide bonds. The summed E-state index contributed by atoms with van der Waals surface area (Å²) in [5.41, 5.74) is -0.385. The van der Waals surface area contributed by atoms with Crippen LogP contribution in [0.15, 0.2) is 30.3 Å². The molecule has 0 radical (unpaired) electrons. The zero-order chi connectivity index (χ0) is 19.5. The second kappa shape index (κ2) is 5.54. The van der Waals surface area contributed by atoms with E-state index in [-0.39, 0.29) is 38.9 Å². The molecule has 0 bridgehead atoms. The third-order valence-electron chi connectivity index (χ3n) is 3.93. The number of aromatic nitrogens is 2. The predicted octanol–water partition coefficient (Wildman–Crippen LogP) is 3.42. The van der Waals surface area contributed by atoms with Crippen LogP contribution in [-0.4, -0.2) is 26.9 Å². The molecule has 27 heavy (non-hydrogen) atoms. The zero-order valence-electron chi connectivity index (χ0n) is 12.9. The molecule has 2 aromatic carbocycles. The van der Waals surface area contributed by atoms with Gasteiger partial charge in [-0.25, -0.2) is 4.90 Å². The molecule has 2 heterocycles. The minimum atomic E-state index is -4.77. The summed E-state index contributed by atoms with van der Waals surface area (Å²) in [4.78, 5) is 36.5. The number of hydrogen-bond donors (Lipinski definition) is 0. The van der Waals surface area contributed by atoms with E-state index < -0.39 is 33.1 Å². The number of nitro benzene ring substituents is 1. The first-order chi connectivity index (χ1) is 12.7. The van der Waals surface area contributed by atoms with Gasteiger partial charge in [0.05, 0.1) is 10.3 Å². The van der Waals surface area contributed by atoms with Crippen LogP contribution in [0.25, 0.3) is 10.8 Å². The van der Waals surface area contributed by atoms with E-state index >= 15 is 0 Å². The van der Waals surface area contributed by atoms with Crippen molar-refractivity contribution in [1.29, 1.82) is 0 Å². The maximum Gasteiger partial charge on any atom is 0.445 e. The van der Waals surface area contributed by atoms with E-state index in [4.69, 9.17) is 0 Å². The predicted molar refractivity (Wildman–Crippen MR) is 86.7 cm³/mol. The maximum absolute atomic E-state index is 12.8. The molecule has 0 aliphatic carbocycles. The summed E-state index contributed by atoms with van der Waals surface area (Å²) in [7, 11) is 0. The lowest BCUT2D eigenvalue weighted by Crippen LogP contribution is -2.40. The second-order valence-corrected chi connectivity index (χ2v) is 6.41. The van der Waals surface area contributed by atoms with Crippen LogP contribution < -0.4 is 4.90 Å². The Morgan fingerprint density at radius 2 is 1.70 bits per heavy atom. The molecule has 1 aromatic heterocycles. The summed E-state index contributed by atoms with van der Waals surface area (Å²) < 4.78 is 38.3. The number of halogens is 3. The molecular weight excluding hydrogens is 389 g/mol. The molecule has 1 aliphatic heterocycles. The van der Waals surface area contributed by atoms with E-state index in [1.807, 2.05) is 0 Å². The average molecular weight is 394 g/mol. The summed E-state index contributed by atoms with van der Waals surface area (Å²) >= 11 is 0.0549. The largest absolute Gasteiger partial charge is 0.445 e. The van der Waals surface area contributed by atoms with E-state index in [0.717, 1.165) is 12.1 Å². The van der Waals surface area contributed by atoms with E-state index in [1.165, 1.54) is 18.2 Å². The summed E-state index contributed by atoms with van der Waals surface area (Å²) in [6.45, 7) is 0. The lowest BCUT2D eigenvalue weighted by molar-refractivity contribution is -0.383. The first-order valence-corrected chi connectivity index (χ1v) is 8.01. The number of alkyl halides is 3. The summed E-state index contributed by atoms with van der Waals surface area (Å²) in [6, 6.07) is 6.39. The molecule has 136 valence electrons. The van der Waals surface area contributed by atoms with Gasteiger partial charge in [0.25, 0.3) is 17.5 Å². The van der Waals surface area contributed by atoms with Crippen LogP contribution in [0.4, 0.5) is 24.0 Å². The maximum atomic E-state index is 12.8. The number of nitrogens with zero attached hydrogens (tertiary/aromatic N) is 4. The van der Waals surface area contributed by atoms with Gasteiger partial charge in [-0.2, -0.15) is 13.2 Å². The number of amides is 2. The van der Waals surface area contributed by atoms with E-state index in [1.54, 1.807) is 0 Å². The standard InChI is InChI=1S/C15H5F3N4O4S/c16-15(17,18)13-19-20-14(27-13)21-11(23)7-3-1-2-6-9(22(25)26)5-4-8(10(6)7)12(21)24/h1-5H. The average Bonchev–Trinajstić information content (AvgIpc) is 3.09. The smallest absolute Gasteiger partial charge is 0.268 e. The molecule has 0 fully saturated rings. The zero-order valence-corrected chi connectivity index (χ0v) is 13.7. The normalized spacial score (nSPS) is 14.1. The number of hydrogen-bond acceptors (Lipinski definition) is 7. The number of non-ortho nitro benzene ring substituents is 1. The highest BCUT2D eigenvalue weighted by Crippen LogP contribution is 2.39. The van der Waals surface area contributed by atoms with Crippen molar-refractivity contribution in [2.75, 3.05) is 4.90 Å². The number of rotatable bonds is 2. The van der Waals surface area contributed by atoms with E-state index in [0.29, 0.717) is 4.90 Å². The third-order valence-corrected chi connectivity index (χ3v) is 4.88. The SMILES string of the molecule is O=C1c2cccc3c([N+](=O)[O-])ccc(c23)C(=O)N1c1nnc(C(F)(F)F)s1. The minimum absolute atomic E-state index is 0.0467. The quantitative estimate of drug-likeness (QED) is 0.375. The fourth-order valence-corrected chi connectivity index (χ4v) is 3.54. The Hall–Kier alpha value is -3.41. The van der Waals surface area contributed by atoms with Gasteiger partial charge < -0.3 is 0 Å². The Labute approximate surface area is 151 Å². The minimum Gasteiger partial charge on any atom is -0.268 e. The Morgan fingerprint density at radius 3 is 2.30 bits per heavy atom. The number of carbonyl (C=O) groups excluding carboxylic acids is 2. The van der Waals surface area contributed by atoms with Crippen molar-refractivity contribution in [2.24, 2.45) is 0 Å². The van der Waals surface area contributed by atoms with Crippen molar-refractivity contribution >= 4 is 44.7 Å². The molecule has 0 saturated heterocycles. The van der Waals surface area contributed by atoms with Crippen LogP contribution >= 0.6 is 11.3 Å². The van der Waals surface area contributed by atoms with Crippen LogP contribution in [0, 0.1) is 10.1 Å². The van der Waals surface area contributed by atoms with Crippen molar-refractivity contribution < 1.29 is 27.7 Å². The highest BCUT2D eigenvalue weighted by molar-refractivity contribution is 7.15. The molecular formula is C15H5F3N4O4S. The van der Waals surface area contributed by atoms with Crippen LogP contribution in [0.1, 0.15) is 25.7 Å². The Kier molecular flexibility index (Phi) is 3.49. The Morgan fingerprint density at radius 1 is 1.04 bits per heavy atom. The van der Waals surface area contributed by atoms with Crippen LogP contribution in [0.3, 0.4) is 0 Å². The monoisotopic (exact) mass is 394 g/mol. The summed E-state index contributed by atoms with van der Waals surface area (Å²) in [5.74, 6) is -1.85. The molecule has 8 nitrogen and oxygen atoms in total. The molecule has 0 atom stereocenters. The van der Waals surface area contributed by atoms with Gasteiger partial charge in [-0.3, -0.25) is 19.7 Å². The fourth-order valence-electron chi connectivity index (χ4n) is 2.83. The highest BCUT2D eigenvalue weighted by atomic mass is 32.1. The summed E-state index contributed by atoms with van der Waals surface area (Å²) in [6.07, 6.45) is -4.77. The number of imide groups is 1. The van der Waals surface area contributed by atoms with Crippen molar-refractivity contribution in [3.05, 3.63) is 56.6 Å². The van der Waals surface area contributed by atoms with Gasteiger partial charge in [0.2, 0.25) is 10.1 Å². The molecule has 0 N–H and O–H groups in total. The molecule has 0 saturated carbocycles. The topological polar surface area (TPSA) is 106 Å². The molecule has 3 aromatic rings. The first-order valence-electron chi connectivity index (χ1n) is 7.19. The Balaban J connectivity index is 1.92. The van der Waals surface area contributed by atoms with Crippen LogP contribution in [0.5, 0.6) is 0 Å². The van der Waals surface area contributed by atoms with Gasteiger partial charge in [-0.15, -0.1) is 10.2 Å². The van der Waals surface area contributed by atoms with Crippen molar-refractivity contribution in [3.8, 4) is 0 Å². The third kappa shape index (κ3) is 2.44. The fraction of sp³-hybridized carbons (Fsp3) is 0.0667. The molecule has 12 heteroatoms. The molecule has 1 aliphatic rings. The number of anilines is 1. The molecule has 0 unspecified atom stereocenters.